The Hall–Kier alpha value is -1.80. The molecule has 0 aliphatic carbocycles. The lowest BCUT2D eigenvalue weighted by Gasteiger charge is -2.31. The maximum absolute atomic E-state index is 11.8. The molecule has 1 saturated heterocycles. The van der Waals surface area contributed by atoms with Crippen LogP contribution < -0.4 is 0 Å². The molecular weight excluding hydrogens is 314 g/mol. The molecule has 7 nitrogen and oxygen atoms in total. The van der Waals surface area contributed by atoms with Gasteiger partial charge in [0.05, 0.1) is 17.6 Å². The number of aromatic nitrogens is 4. The van der Waals surface area contributed by atoms with Crippen LogP contribution in [0.2, 0.25) is 0 Å². The molecule has 1 fully saturated rings. The molecule has 23 heavy (non-hydrogen) atoms. The highest BCUT2D eigenvalue weighted by Gasteiger charge is 2.27. The molecule has 0 bridgehead atoms. The van der Waals surface area contributed by atoms with Crippen molar-refractivity contribution in [2.24, 2.45) is 13.0 Å². The number of piperidine rings is 1. The number of rotatable bonds is 4. The largest absolute Gasteiger partial charge is 0.266 e. The van der Waals surface area contributed by atoms with Gasteiger partial charge in [0.15, 0.2) is 0 Å². The lowest BCUT2D eigenvalue weighted by Crippen LogP contribution is -2.39. The van der Waals surface area contributed by atoms with Crippen molar-refractivity contribution in [3.63, 3.8) is 0 Å². The highest BCUT2D eigenvalue weighted by Crippen LogP contribution is 2.26. The van der Waals surface area contributed by atoms with Gasteiger partial charge in [-0.15, -0.1) is 0 Å². The van der Waals surface area contributed by atoms with E-state index >= 15 is 0 Å². The summed E-state index contributed by atoms with van der Waals surface area (Å²) in [5.74, 6) is 0.266. The summed E-state index contributed by atoms with van der Waals surface area (Å²) in [7, 11) is -1.25. The van der Waals surface area contributed by atoms with Gasteiger partial charge in [-0.05, 0) is 31.2 Å². The molecule has 1 aliphatic heterocycles. The van der Waals surface area contributed by atoms with Crippen molar-refractivity contribution in [1.29, 1.82) is 0 Å². The van der Waals surface area contributed by atoms with E-state index in [1.54, 1.807) is 27.6 Å². The van der Waals surface area contributed by atoms with Crippen LogP contribution >= 0.6 is 0 Å². The third-order valence-electron chi connectivity index (χ3n) is 4.27. The molecule has 1 unspecified atom stereocenters. The van der Waals surface area contributed by atoms with Crippen molar-refractivity contribution in [1.82, 2.24) is 24.1 Å². The molecule has 0 amide bonds. The standard InChI is InChI=1S/C15H21N5O2S/c1-19-14(5-6-18-19)15-13(16-7-8-17-15)10-12-4-3-9-20(11-12)23(2,21)22/h5-8,12H,3-4,9-11H2,1-2H3. The second-order valence-corrected chi connectivity index (χ2v) is 8.01. The molecule has 124 valence electrons. The summed E-state index contributed by atoms with van der Waals surface area (Å²) in [6, 6.07) is 1.91. The van der Waals surface area contributed by atoms with E-state index in [-0.39, 0.29) is 5.92 Å². The molecule has 1 aliphatic rings. The minimum absolute atomic E-state index is 0.266. The van der Waals surface area contributed by atoms with Gasteiger partial charge in [-0.1, -0.05) is 0 Å². The first-order valence-corrected chi connectivity index (χ1v) is 9.53. The first kappa shape index (κ1) is 16.1. The predicted molar refractivity (Wildman–Crippen MR) is 87.1 cm³/mol. The van der Waals surface area contributed by atoms with E-state index in [0.717, 1.165) is 36.3 Å². The average molecular weight is 335 g/mol. The Bertz CT molecular complexity index is 787. The van der Waals surface area contributed by atoms with Gasteiger partial charge in [0.25, 0.3) is 0 Å². The van der Waals surface area contributed by atoms with E-state index in [1.807, 2.05) is 13.1 Å². The van der Waals surface area contributed by atoms with Crippen LogP contribution in [0, 0.1) is 5.92 Å². The van der Waals surface area contributed by atoms with Gasteiger partial charge < -0.3 is 0 Å². The molecule has 0 spiro atoms. The van der Waals surface area contributed by atoms with Crippen molar-refractivity contribution in [2.75, 3.05) is 19.3 Å². The van der Waals surface area contributed by atoms with Gasteiger partial charge in [0, 0.05) is 38.7 Å². The molecule has 2 aromatic heterocycles. The highest BCUT2D eigenvalue weighted by atomic mass is 32.2. The molecule has 0 saturated carbocycles. The van der Waals surface area contributed by atoms with E-state index in [2.05, 4.69) is 15.1 Å². The zero-order valence-electron chi connectivity index (χ0n) is 13.4. The van der Waals surface area contributed by atoms with E-state index in [4.69, 9.17) is 0 Å². The van der Waals surface area contributed by atoms with E-state index in [1.165, 1.54) is 6.26 Å². The number of hydrogen-bond donors (Lipinski definition) is 0. The normalized spacial score (nSPS) is 19.8. The monoisotopic (exact) mass is 335 g/mol. The molecule has 0 radical (unpaired) electrons. The summed E-state index contributed by atoms with van der Waals surface area (Å²) in [6.45, 7) is 1.17. The molecule has 3 rings (SSSR count). The Labute approximate surface area is 136 Å². The Morgan fingerprint density at radius 3 is 2.74 bits per heavy atom. The Morgan fingerprint density at radius 2 is 2.04 bits per heavy atom. The van der Waals surface area contributed by atoms with Crippen molar-refractivity contribution in [3.8, 4) is 11.4 Å². The van der Waals surface area contributed by atoms with Gasteiger partial charge in [-0.3, -0.25) is 14.6 Å². The molecule has 1 atom stereocenters. The number of hydrogen-bond acceptors (Lipinski definition) is 5. The minimum Gasteiger partial charge on any atom is -0.266 e. The van der Waals surface area contributed by atoms with Gasteiger partial charge in [-0.2, -0.15) is 5.10 Å². The topological polar surface area (TPSA) is 81.0 Å². The zero-order chi connectivity index (χ0) is 16.4. The third kappa shape index (κ3) is 3.59. The van der Waals surface area contributed by atoms with Gasteiger partial charge >= 0.3 is 0 Å². The van der Waals surface area contributed by atoms with Gasteiger partial charge in [0.1, 0.15) is 5.69 Å². The van der Waals surface area contributed by atoms with Crippen LogP contribution in [-0.2, 0) is 23.5 Å². The Morgan fingerprint density at radius 1 is 1.26 bits per heavy atom. The van der Waals surface area contributed by atoms with Crippen LogP contribution in [0.4, 0.5) is 0 Å². The summed E-state index contributed by atoms with van der Waals surface area (Å²) in [5, 5.41) is 4.19. The smallest absolute Gasteiger partial charge is 0.211 e. The number of sulfonamides is 1. The number of nitrogens with zero attached hydrogens (tertiary/aromatic N) is 5. The molecule has 0 aromatic carbocycles. The highest BCUT2D eigenvalue weighted by molar-refractivity contribution is 7.88. The summed E-state index contributed by atoms with van der Waals surface area (Å²) in [5.41, 5.74) is 2.64. The Kier molecular flexibility index (Phi) is 4.45. The van der Waals surface area contributed by atoms with E-state index in [0.29, 0.717) is 13.1 Å². The van der Waals surface area contributed by atoms with Crippen LogP contribution in [0.1, 0.15) is 18.5 Å². The summed E-state index contributed by atoms with van der Waals surface area (Å²) in [4.78, 5) is 8.95. The molecular formula is C15H21N5O2S. The second kappa shape index (κ2) is 6.37. The fraction of sp³-hybridized carbons (Fsp3) is 0.533. The van der Waals surface area contributed by atoms with Crippen LogP contribution in [0.5, 0.6) is 0 Å². The SMILES string of the molecule is Cn1nccc1-c1nccnc1CC1CCCN(S(C)(=O)=O)C1. The van der Waals surface area contributed by atoms with Crippen molar-refractivity contribution in [3.05, 3.63) is 30.4 Å². The second-order valence-electron chi connectivity index (χ2n) is 6.03. The van der Waals surface area contributed by atoms with E-state index < -0.39 is 10.0 Å². The molecule has 0 N–H and O–H groups in total. The fourth-order valence-electron chi connectivity index (χ4n) is 3.10. The lowest BCUT2D eigenvalue weighted by atomic mass is 9.93. The summed E-state index contributed by atoms with van der Waals surface area (Å²) >= 11 is 0. The van der Waals surface area contributed by atoms with Crippen LogP contribution in [0.15, 0.2) is 24.7 Å². The average Bonchev–Trinajstić information content (AvgIpc) is 2.93. The first-order chi connectivity index (χ1) is 10.9. The summed E-state index contributed by atoms with van der Waals surface area (Å²) in [6.07, 6.45) is 8.99. The Balaban J connectivity index is 1.82. The van der Waals surface area contributed by atoms with Crippen molar-refractivity contribution >= 4 is 10.0 Å². The van der Waals surface area contributed by atoms with Crippen LogP contribution in [0.3, 0.4) is 0 Å². The van der Waals surface area contributed by atoms with Crippen LogP contribution in [0.25, 0.3) is 11.4 Å². The summed E-state index contributed by atoms with van der Waals surface area (Å²) < 4.78 is 26.9. The van der Waals surface area contributed by atoms with Gasteiger partial charge in [-0.25, -0.2) is 12.7 Å². The fourth-order valence-corrected chi connectivity index (χ4v) is 4.05. The predicted octanol–water partition coefficient (Wildman–Crippen LogP) is 1.09. The maximum Gasteiger partial charge on any atom is 0.211 e. The van der Waals surface area contributed by atoms with Crippen molar-refractivity contribution in [2.45, 2.75) is 19.3 Å². The number of aryl methyl sites for hydroxylation is 1. The molecule has 8 heteroatoms. The zero-order valence-corrected chi connectivity index (χ0v) is 14.2. The lowest BCUT2D eigenvalue weighted by molar-refractivity contribution is 0.265. The molecule has 2 aromatic rings. The third-order valence-corrected chi connectivity index (χ3v) is 5.54. The van der Waals surface area contributed by atoms with Crippen molar-refractivity contribution < 1.29 is 8.42 Å². The first-order valence-electron chi connectivity index (χ1n) is 7.68. The quantitative estimate of drug-likeness (QED) is 0.835. The molecule has 3 heterocycles. The van der Waals surface area contributed by atoms with Crippen LogP contribution in [-0.4, -0.2) is 51.8 Å². The minimum atomic E-state index is -3.13. The maximum atomic E-state index is 11.8. The van der Waals surface area contributed by atoms with E-state index in [9.17, 15) is 8.42 Å². The van der Waals surface area contributed by atoms with Gasteiger partial charge in [0.2, 0.25) is 10.0 Å².